The summed E-state index contributed by atoms with van der Waals surface area (Å²) in [6, 6.07) is 8.05. The average Bonchev–Trinajstić information content (AvgIpc) is 2.48. The lowest BCUT2D eigenvalue weighted by atomic mass is 10.3. The van der Waals surface area contributed by atoms with E-state index in [2.05, 4.69) is 20.6 Å². The van der Waals surface area contributed by atoms with Crippen LogP contribution < -0.4 is 10.6 Å². The Kier molecular flexibility index (Phi) is 5.05. The van der Waals surface area contributed by atoms with Gasteiger partial charge in [0, 0.05) is 31.1 Å². The minimum atomic E-state index is -3.34. The topological polar surface area (TPSA) is 101 Å². The first-order valence-electron chi connectivity index (χ1n) is 6.56. The Bertz CT molecular complexity index is 730. The van der Waals surface area contributed by atoms with E-state index < -0.39 is 9.84 Å². The molecule has 7 nitrogen and oxygen atoms in total. The van der Waals surface area contributed by atoms with Crippen LogP contribution in [0.2, 0.25) is 0 Å². The number of aromatic nitrogens is 2. The largest absolute Gasteiger partial charge is 0.337 e. The Morgan fingerprint density at radius 3 is 2.59 bits per heavy atom. The van der Waals surface area contributed by atoms with Crippen LogP contribution in [0.3, 0.4) is 0 Å². The Morgan fingerprint density at radius 2 is 2.00 bits per heavy atom. The lowest BCUT2D eigenvalue weighted by Gasteiger charge is -2.07. The smallest absolute Gasteiger partial charge is 0.319 e. The van der Waals surface area contributed by atoms with Crippen molar-refractivity contribution in [2.75, 3.05) is 18.1 Å². The second-order valence-corrected chi connectivity index (χ2v) is 6.57. The van der Waals surface area contributed by atoms with Gasteiger partial charge >= 0.3 is 6.03 Å². The van der Waals surface area contributed by atoms with Crippen molar-refractivity contribution in [1.29, 1.82) is 0 Å². The van der Waals surface area contributed by atoms with Crippen LogP contribution in [0.15, 0.2) is 47.8 Å². The van der Waals surface area contributed by atoms with Crippen LogP contribution in [-0.2, 0) is 16.3 Å². The molecule has 0 atom stereocenters. The zero-order chi connectivity index (χ0) is 16.0. The van der Waals surface area contributed by atoms with E-state index in [1.807, 2.05) is 18.2 Å². The van der Waals surface area contributed by atoms with Crippen molar-refractivity contribution < 1.29 is 13.2 Å². The fraction of sp³-hybridized carbons (Fsp3) is 0.214. The maximum absolute atomic E-state index is 11.7. The van der Waals surface area contributed by atoms with Gasteiger partial charge in [0.2, 0.25) is 0 Å². The number of sulfone groups is 1. The second kappa shape index (κ2) is 6.99. The molecule has 2 rings (SSSR count). The molecule has 0 unspecified atom stereocenters. The van der Waals surface area contributed by atoms with Crippen molar-refractivity contribution in [1.82, 2.24) is 15.3 Å². The third-order valence-corrected chi connectivity index (χ3v) is 3.77. The highest BCUT2D eigenvalue weighted by molar-refractivity contribution is 7.90. The molecular formula is C14H16N4O3S. The van der Waals surface area contributed by atoms with Crippen molar-refractivity contribution in [3.63, 3.8) is 0 Å². The Labute approximate surface area is 128 Å². The molecule has 0 saturated heterocycles. The van der Waals surface area contributed by atoms with Crippen molar-refractivity contribution >= 4 is 21.6 Å². The lowest BCUT2D eigenvalue weighted by molar-refractivity contribution is 0.252. The van der Waals surface area contributed by atoms with E-state index >= 15 is 0 Å². The van der Waals surface area contributed by atoms with Crippen LogP contribution in [0, 0.1) is 0 Å². The molecule has 8 heteroatoms. The zero-order valence-electron chi connectivity index (χ0n) is 12.0. The summed E-state index contributed by atoms with van der Waals surface area (Å²) in [5, 5.41) is 5.23. The van der Waals surface area contributed by atoms with E-state index in [4.69, 9.17) is 0 Å². The molecule has 0 spiro atoms. The van der Waals surface area contributed by atoms with Gasteiger partial charge in [-0.1, -0.05) is 6.07 Å². The predicted molar refractivity (Wildman–Crippen MR) is 82.3 cm³/mol. The van der Waals surface area contributed by atoms with Gasteiger partial charge in [-0.2, -0.15) is 0 Å². The van der Waals surface area contributed by atoms with Gasteiger partial charge in [0.25, 0.3) is 0 Å². The Morgan fingerprint density at radius 1 is 1.18 bits per heavy atom. The summed E-state index contributed by atoms with van der Waals surface area (Å²) in [5.74, 6) is 0. The maximum atomic E-state index is 11.7. The summed E-state index contributed by atoms with van der Waals surface area (Å²) in [4.78, 5) is 19.6. The molecule has 22 heavy (non-hydrogen) atoms. The third kappa shape index (κ3) is 4.81. The maximum Gasteiger partial charge on any atom is 0.319 e. The van der Waals surface area contributed by atoms with Crippen LogP contribution in [0.5, 0.6) is 0 Å². The lowest BCUT2D eigenvalue weighted by Crippen LogP contribution is -2.30. The number of amides is 2. The van der Waals surface area contributed by atoms with Gasteiger partial charge in [0.05, 0.1) is 11.9 Å². The molecule has 0 radical (unpaired) electrons. The Hall–Kier alpha value is -2.48. The third-order valence-electron chi connectivity index (χ3n) is 2.77. The number of anilines is 1. The van der Waals surface area contributed by atoms with Crippen LogP contribution in [-0.4, -0.2) is 37.2 Å². The van der Waals surface area contributed by atoms with Gasteiger partial charge in [0.15, 0.2) is 14.9 Å². The highest BCUT2D eigenvalue weighted by Gasteiger charge is 2.09. The van der Waals surface area contributed by atoms with E-state index in [0.717, 1.165) is 11.9 Å². The molecule has 2 heterocycles. The summed E-state index contributed by atoms with van der Waals surface area (Å²) in [6.45, 7) is 0.442. The molecule has 0 bridgehead atoms. The van der Waals surface area contributed by atoms with Gasteiger partial charge in [-0.15, -0.1) is 0 Å². The number of hydrogen-bond donors (Lipinski definition) is 2. The van der Waals surface area contributed by atoms with Crippen LogP contribution in [0.25, 0.3) is 0 Å². The van der Waals surface area contributed by atoms with E-state index in [1.54, 1.807) is 6.20 Å². The number of rotatable bonds is 5. The van der Waals surface area contributed by atoms with Crippen LogP contribution in [0.1, 0.15) is 5.69 Å². The van der Waals surface area contributed by atoms with Gasteiger partial charge < -0.3 is 10.6 Å². The summed E-state index contributed by atoms with van der Waals surface area (Å²) < 4.78 is 22.5. The first-order chi connectivity index (χ1) is 10.4. The molecule has 0 aliphatic heterocycles. The predicted octanol–water partition coefficient (Wildman–Crippen LogP) is 1.24. The summed E-state index contributed by atoms with van der Waals surface area (Å²) in [6.07, 6.45) is 4.70. The quantitative estimate of drug-likeness (QED) is 0.863. The van der Waals surface area contributed by atoms with Gasteiger partial charge in [-0.05, 0) is 24.3 Å². The van der Waals surface area contributed by atoms with E-state index in [1.165, 1.54) is 18.3 Å². The molecule has 2 N–H and O–H groups in total. The number of carbonyl (C=O) groups excluding carboxylic acids is 1. The molecule has 116 valence electrons. The molecular weight excluding hydrogens is 304 g/mol. The van der Waals surface area contributed by atoms with Crippen molar-refractivity contribution in [3.05, 3.63) is 48.4 Å². The second-order valence-electron chi connectivity index (χ2n) is 4.61. The molecule has 0 fully saturated rings. The minimum Gasteiger partial charge on any atom is -0.337 e. The van der Waals surface area contributed by atoms with Gasteiger partial charge in [-0.25, -0.2) is 18.2 Å². The van der Waals surface area contributed by atoms with Crippen LogP contribution in [0.4, 0.5) is 10.5 Å². The zero-order valence-corrected chi connectivity index (χ0v) is 12.8. The monoisotopic (exact) mass is 320 g/mol. The van der Waals surface area contributed by atoms with Crippen LogP contribution >= 0.6 is 0 Å². The normalized spacial score (nSPS) is 11.0. The number of urea groups is 1. The number of hydrogen-bond acceptors (Lipinski definition) is 5. The molecule has 0 saturated carbocycles. The molecule has 0 aliphatic carbocycles. The highest BCUT2D eigenvalue weighted by atomic mass is 32.2. The van der Waals surface area contributed by atoms with Crippen molar-refractivity contribution in [2.45, 2.75) is 11.4 Å². The van der Waals surface area contributed by atoms with E-state index in [9.17, 15) is 13.2 Å². The fourth-order valence-corrected chi connectivity index (χ4v) is 2.26. The standard InChI is InChI=1S/C14H16N4O3S/c1-22(20,21)13-6-5-12(10-17-13)18-14(19)16-9-7-11-4-2-3-8-15-11/h2-6,8,10H,7,9H2,1H3,(H2,16,18,19). The molecule has 2 amide bonds. The first-order valence-corrected chi connectivity index (χ1v) is 8.45. The molecule has 0 aliphatic rings. The summed E-state index contributed by atoms with van der Waals surface area (Å²) in [5.41, 5.74) is 1.31. The number of pyridine rings is 2. The number of nitrogens with zero attached hydrogens (tertiary/aromatic N) is 2. The first kappa shape index (κ1) is 15.9. The summed E-state index contributed by atoms with van der Waals surface area (Å²) >= 11 is 0. The fourth-order valence-electron chi connectivity index (χ4n) is 1.70. The highest BCUT2D eigenvalue weighted by Crippen LogP contribution is 2.09. The average molecular weight is 320 g/mol. The number of carbonyl (C=O) groups is 1. The minimum absolute atomic E-state index is 0.0337. The Balaban J connectivity index is 1.82. The SMILES string of the molecule is CS(=O)(=O)c1ccc(NC(=O)NCCc2ccccn2)cn1. The van der Waals surface area contributed by atoms with Gasteiger partial charge in [0.1, 0.15) is 0 Å². The summed E-state index contributed by atoms with van der Waals surface area (Å²) in [7, 11) is -3.34. The van der Waals surface area contributed by atoms with E-state index in [-0.39, 0.29) is 11.1 Å². The number of nitrogens with one attached hydrogen (secondary N) is 2. The van der Waals surface area contributed by atoms with Crippen molar-refractivity contribution in [3.8, 4) is 0 Å². The van der Waals surface area contributed by atoms with E-state index in [0.29, 0.717) is 18.7 Å². The molecule has 2 aromatic rings. The molecule has 2 aromatic heterocycles. The van der Waals surface area contributed by atoms with Gasteiger partial charge in [-0.3, -0.25) is 4.98 Å². The molecule has 0 aromatic carbocycles. The van der Waals surface area contributed by atoms with Crippen molar-refractivity contribution in [2.24, 2.45) is 0 Å².